The lowest BCUT2D eigenvalue weighted by atomic mass is 9.94. The highest BCUT2D eigenvalue weighted by Crippen LogP contribution is 2.22. The smallest absolute Gasteiger partial charge is 0.111 e. The van der Waals surface area contributed by atoms with Gasteiger partial charge >= 0.3 is 0 Å². The van der Waals surface area contributed by atoms with Crippen LogP contribution in [0, 0.1) is 0 Å². The highest BCUT2D eigenvalue weighted by molar-refractivity contribution is 4.91. The normalized spacial score (nSPS) is 43.9. The summed E-state index contributed by atoms with van der Waals surface area (Å²) in [5, 5.41) is 37.1. The Morgan fingerprint density at radius 2 is 1.57 bits per heavy atom. The third-order valence-electron chi connectivity index (χ3n) is 2.44. The second-order valence-corrected chi connectivity index (χ2v) is 3.44. The first kappa shape index (κ1) is 11.8. The molecule has 14 heavy (non-hydrogen) atoms. The molecule has 1 heterocycles. The third kappa shape index (κ3) is 2.22. The van der Waals surface area contributed by atoms with E-state index in [9.17, 15) is 15.3 Å². The summed E-state index contributed by atoms with van der Waals surface area (Å²) in [6.45, 7) is -0.0886. The fraction of sp³-hybridized carbons (Fsp3) is 1.00. The fourth-order valence-electron chi connectivity index (χ4n) is 1.58. The van der Waals surface area contributed by atoms with Crippen LogP contribution < -0.4 is 5.73 Å². The van der Waals surface area contributed by atoms with Crippen LogP contribution in [0.5, 0.6) is 0 Å². The second-order valence-electron chi connectivity index (χ2n) is 3.44. The molecule has 1 fully saturated rings. The van der Waals surface area contributed by atoms with Gasteiger partial charge < -0.3 is 30.9 Å². The van der Waals surface area contributed by atoms with Crippen LogP contribution in [0.3, 0.4) is 0 Å². The predicted molar refractivity (Wildman–Crippen MR) is 47.4 cm³/mol. The van der Waals surface area contributed by atoms with Gasteiger partial charge in [-0.3, -0.25) is 0 Å². The molecule has 0 aromatic rings. The quantitative estimate of drug-likeness (QED) is 0.341. The zero-order valence-corrected chi connectivity index (χ0v) is 7.78. The number of nitrogens with two attached hydrogens (primary N) is 1. The SMILES string of the molecule is NCCC1O[C@H](CO)[C@H](O)[C@H](O)[C@H]1O. The van der Waals surface area contributed by atoms with Crippen LogP contribution in [0.4, 0.5) is 0 Å². The lowest BCUT2D eigenvalue weighted by molar-refractivity contribution is -0.229. The van der Waals surface area contributed by atoms with Crippen molar-refractivity contribution in [1.82, 2.24) is 0 Å². The molecule has 0 amide bonds. The van der Waals surface area contributed by atoms with Gasteiger partial charge in [-0.25, -0.2) is 0 Å². The third-order valence-corrected chi connectivity index (χ3v) is 2.44. The van der Waals surface area contributed by atoms with Crippen molar-refractivity contribution in [2.45, 2.75) is 36.9 Å². The molecule has 5 atom stereocenters. The van der Waals surface area contributed by atoms with E-state index in [4.69, 9.17) is 15.6 Å². The van der Waals surface area contributed by atoms with Gasteiger partial charge in [0.2, 0.25) is 0 Å². The first-order valence-corrected chi connectivity index (χ1v) is 4.62. The van der Waals surface area contributed by atoms with Crippen molar-refractivity contribution in [1.29, 1.82) is 0 Å². The van der Waals surface area contributed by atoms with E-state index in [1.807, 2.05) is 0 Å². The van der Waals surface area contributed by atoms with Gasteiger partial charge in [0, 0.05) is 0 Å². The molecule has 0 aromatic carbocycles. The largest absolute Gasteiger partial charge is 0.394 e. The van der Waals surface area contributed by atoms with E-state index in [1.54, 1.807) is 0 Å². The Hall–Kier alpha value is -0.240. The summed E-state index contributed by atoms with van der Waals surface area (Å²) >= 11 is 0. The second kappa shape index (κ2) is 5.01. The number of hydrogen-bond donors (Lipinski definition) is 5. The van der Waals surface area contributed by atoms with Crippen LogP contribution in [-0.2, 0) is 4.74 Å². The lowest BCUT2D eigenvalue weighted by Gasteiger charge is -2.40. The maximum atomic E-state index is 9.48. The summed E-state index contributed by atoms with van der Waals surface area (Å²) in [5.41, 5.74) is 5.29. The van der Waals surface area contributed by atoms with Gasteiger partial charge in [-0.1, -0.05) is 0 Å². The molecule has 0 aliphatic carbocycles. The number of ether oxygens (including phenoxy) is 1. The molecule has 6 heteroatoms. The van der Waals surface area contributed by atoms with Crippen LogP contribution in [0.25, 0.3) is 0 Å². The molecular weight excluding hydrogens is 190 g/mol. The Balaban J connectivity index is 2.63. The molecule has 6 N–H and O–H groups in total. The molecule has 1 aliphatic rings. The summed E-state index contributed by atoms with van der Waals surface area (Å²) in [6, 6.07) is 0. The van der Waals surface area contributed by atoms with E-state index in [0.29, 0.717) is 13.0 Å². The van der Waals surface area contributed by atoms with Crippen molar-refractivity contribution >= 4 is 0 Å². The van der Waals surface area contributed by atoms with Gasteiger partial charge in [0.15, 0.2) is 0 Å². The number of aliphatic hydroxyl groups excluding tert-OH is 4. The van der Waals surface area contributed by atoms with E-state index >= 15 is 0 Å². The Bertz CT molecular complexity index is 175. The maximum absolute atomic E-state index is 9.48. The Labute approximate surface area is 81.9 Å². The Kier molecular flexibility index (Phi) is 4.24. The molecular formula is C8H17NO5. The van der Waals surface area contributed by atoms with Gasteiger partial charge in [0.1, 0.15) is 24.4 Å². The first-order valence-electron chi connectivity index (χ1n) is 4.62. The van der Waals surface area contributed by atoms with Crippen LogP contribution in [0.15, 0.2) is 0 Å². The van der Waals surface area contributed by atoms with Gasteiger partial charge in [-0.2, -0.15) is 0 Å². The van der Waals surface area contributed by atoms with Crippen LogP contribution in [0.2, 0.25) is 0 Å². The highest BCUT2D eigenvalue weighted by atomic mass is 16.5. The van der Waals surface area contributed by atoms with E-state index < -0.39 is 37.1 Å². The van der Waals surface area contributed by atoms with Crippen molar-refractivity contribution in [3.8, 4) is 0 Å². The van der Waals surface area contributed by atoms with Crippen molar-refractivity contribution in [2.75, 3.05) is 13.2 Å². The first-order chi connectivity index (χ1) is 6.61. The molecule has 0 aromatic heterocycles. The van der Waals surface area contributed by atoms with Gasteiger partial charge in [-0.15, -0.1) is 0 Å². The van der Waals surface area contributed by atoms with Crippen molar-refractivity contribution in [2.24, 2.45) is 5.73 Å². The standard InChI is InChI=1S/C8H17NO5/c9-2-1-4-6(11)8(13)7(12)5(3-10)14-4/h4-8,10-13H,1-3,9H2/t4?,5-,6+,7+,8-/m1/s1. The van der Waals surface area contributed by atoms with Gasteiger partial charge in [0.25, 0.3) is 0 Å². The lowest BCUT2D eigenvalue weighted by Crippen LogP contribution is -2.58. The molecule has 84 valence electrons. The van der Waals surface area contributed by atoms with E-state index in [2.05, 4.69) is 0 Å². The average molecular weight is 207 g/mol. The van der Waals surface area contributed by atoms with Crippen molar-refractivity contribution in [3.63, 3.8) is 0 Å². The number of hydrogen-bond acceptors (Lipinski definition) is 6. The topological polar surface area (TPSA) is 116 Å². The molecule has 6 nitrogen and oxygen atoms in total. The molecule has 1 aliphatic heterocycles. The molecule has 0 radical (unpaired) electrons. The summed E-state index contributed by atoms with van der Waals surface area (Å²) < 4.78 is 5.18. The highest BCUT2D eigenvalue weighted by Gasteiger charge is 2.42. The molecule has 1 unspecified atom stereocenters. The summed E-state index contributed by atoms with van der Waals surface area (Å²) in [6.07, 6.45) is -4.82. The number of rotatable bonds is 3. The van der Waals surface area contributed by atoms with Gasteiger partial charge in [-0.05, 0) is 13.0 Å². The molecule has 0 spiro atoms. The molecule has 1 saturated heterocycles. The van der Waals surface area contributed by atoms with E-state index in [-0.39, 0.29) is 0 Å². The maximum Gasteiger partial charge on any atom is 0.111 e. The predicted octanol–water partition coefficient (Wildman–Crippen LogP) is -2.82. The average Bonchev–Trinajstić information content (AvgIpc) is 2.19. The van der Waals surface area contributed by atoms with Crippen LogP contribution in [-0.4, -0.2) is 64.1 Å². The van der Waals surface area contributed by atoms with E-state index in [0.717, 1.165) is 0 Å². The summed E-state index contributed by atoms with van der Waals surface area (Å²) in [4.78, 5) is 0. The summed E-state index contributed by atoms with van der Waals surface area (Å²) in [7, 11) is 0. The molecule has 1 rings (SSSR count). The van der Waals surface area contributed by atoms with Crippen LogP contribution >= 0.6 is 0 Å². The summed E-state index contributed by atoms with van der Waals surface area (Å²) in [5.74, 6) is 0. The minimum absolute atomic E-state index is 0.308. The zero-order chi connectivity index (χ0) is 10.7. The fourth-order valence-corrected chi connectivity index (χ4v) is 1.58. The minimum Gasteiger partial charge on any atom is -0.394 e. The number of aliphatic hydroxyl groups is 4. The van der Waals surface area contributed by atoms with E-state index in [1.165, 1.54) is 0 Å². The van der Waals surface area contributed by atoms with Crippen LogP contribution in [0.1, 0.15) is 6.42 Å². The Morgan fingerprint density at radius 1 is 1.00 bits per heavy atom. The molecule has 0 saturated carbocycles. The van der Waals surface area contributed by atoms with Gasteiger partial charge in [0.05, 0.1) is 12.7 Å². The molecule has 0 bridgehead atoms. The Morgan fingerprint density at radius 3 is 2.07 bits per heavy atom. The van der Waals surface area contributed by atoms with Crippen molar-refractivity contribution in [3.05, 3.63) is 0 Å². The monoisotopic (exact) mass is 207 g/mol. The van der Waals surface area contributed by atoms with Crippen molar-refractivity contribution < 1.29 is 25.2 Å². The zero-order valence-electron chi connectivity index (χ0n) is 7.78. The minimum atomic E-state index is -1.29.